The van der Waals surface area contributed by atoms with Gasteiger partial charge in [-0.25, -0.2) is 9.78 Å². The Kier molecular flexibility index (Phi) is 4.35. The van der Waals surface area contributed by atoms with Crippen LogP contribution in [0.5, 0.6) is 0 Å². The molecule has 0 aliphatic rings. The standard InChI is InChI=1S/C9H7F3N2O4S/c1-18-8(15)6-5(14(16)17)3-4(9(10,11)12)7(13-6)19-2/h3H,1-2H3. The van der Waals surface area contributed by atoms with Crippen LogP contribution in [0.2, 0.25) is 0 Å². The first-order chi connectivity index (χ1) is 8.72. The molecule has 19 heavy (non-hydrogen) atoms. The number of carbonyl (C=O) groups is 1. The summed E-state index contributed by atoms with van der Waals surface area (Å²) in [6.45, 7) is 0. The van der Waals surface area contributed by atoms with E-state index in [-0.39, 0.29) is 6.07 Å². The second-order valence-corrected chi connectivity index (χ2v) is 3.95. The predicted molar refractivity (Wildman–Crippen MR) is 59.0 cm³/mol. The van der Waals surface area contributed by atoms with Gasteiger partial charge < -0.3 is 4.74 Å². The SMILES string of the molecule is COC(=O)c1nc(SC)c(C(F)(F)F)cc1[N+](=O)[O-]. The Labute approximate surface area is 109 Å². The van der Waals surface area contributed by atoms with Crippen LogP contribution in [0.15, 0.2) is 11.1 Å². The van der Waals surface area contributed by atoms with E-state index < -0.39 is 39.0 Å². The average Bonchev–Trinajstić information content (AvgIpc) is 2.34. The average molecular weight is 296 g/mol. The number of ether oxygens (including phenoxy) is 1. The van der Waals surface area contributed by atoms with Crippen molar-refractivity contribution in [3.8, 4) is 0 Å². The Bertz CT molecular complexity index is 533. The molecule has 0 spiro atoms. The third-order valence-electron chi connectivity index (χ3n) is 2.04. The Morgan fingerprint density at radius 3 is 2.47 bits per heavy atom. The molecule has 6 nitrogen and oxygen atoms in total. The highest BCUT2D eigenvalue weighted by atomic mass is 32.2. The topological polar surface area (TPSA) is 82.3 Å². The molecule has 0 aromatic carbocycles. The molecule has 0 atom stereocenters. The molecule has 1 aromatic rings. The molecule has 0 unspecified atom stereocenters. The van der Waals surface area contributed by atoms with Crippen LogP contribution in [-0.4, -0.2) is 29.2 Å². The molecule has 0 aliphatic heterocycles. The molecule has 0 fully saturated rings. The zero-order chi connectivity index (χ0) is 14.8. The summed E-state index contributed by atoms with van der Waals surface area (Å²) in [6, 6.07) is 0.283. The molecule has 10 heteroatoms. The first-order valence-corrected chi connectivity index (χ1v) is 5.83. The largest absolute Gasteiger partial charge is 0.464 e. The number of halogens is 3. The summed E-state index contributed by atoms with van der Waals surface area (Å²) >= 11 is 0.623. The highest BCUT2D eigenvalue weighted by Gasteiger charge is 2.38. The number of rotatable bonds is 3. The van der Waals surface area contributed by atoms with Crippen LogP contribution < -0.4 is 0 Å². The number of pyridine rings is 1. The number of hydrogen-bond acceptors (Lipinski definition) is 6. The molecule has 104 valence electrons. The van der Waals surface area contributed by atoms with Crippen LogP contribution in [-0.2, 0) is 10.9 Å². The van der Waals surface area contributed by atoms with Gasteiger partial charge in [0.1, 0.15) is 5.03 Å². The van der Waals surface area contributed by atoms with Crippen molar-refractivity contribution >= 4 is 23.4 Å². The van der Waals surface area contributed by atoms with Crippen LogP contribution >= 0.6 is 11.8 Å². The minimum atomic E-state index is -4.80. The highest BCUT2D eigenvalue weighted by Crippen LogP contribution is 2.38. The van der Waals surface area contributed by atoms with E-state index in [2.05, 4.69) is 9.72 Å². The van der Waals surface area contributed by atoms with Crippen molar-refractivity contribution in [2.75, 3.05) is 13.4 Å². The van der Waals surface area contributed by atoms with Gasteiger partial charge in [-0.15, -0.1) is 11.8 Å². The van der Waals surface area contributed by atoms with Crippen LogP contribution in [0, 0.1) is 10.1 Å². The first kappa shape index (κ1) is 15.2. The zero-order valence-electron chi connectivity index (χ0n) is 9.65. The molecule has 0 saturated heterocycles. The summed E-state index contributed by atoms with van der Waals surface area (Å²) in [4.78, 5) is 24.3. The minimum absolute atomic E-state index is 0.283. The van der Waals surface area contributed by atoms with Gasteiger partial charge in [0.25, 0.3) is 0 Å². The molecular weight excluding hydrogens is 289 g/mol. The van der Waals surface area contributed by atoms with Gasteiger partial charge in [-0.3, -0.25) is 10.1 Å². The Hall–Kier alpha value is -1.84. The van der Waals surface area contributed by atoms with Crippen molar-refractivity contribution in [1.29, 1.82) is 0 Å². The minimum Gasteiger partial charge on any atom is -0.464 e. The number of carbonyl (C=O) groups excluding carboxylic acids is 1. The van der Waals surface area contributed by atoms with E-state index in [9.17, 15) is 28.1 Å². The molecule has 1 heterocycles. The Balaban J connectivity index is 3.60. The van der Waals surface area contributed by atoms with Crippen molar-refractivity contribution < 1.29 is 27.6 Å². The van der Waals surface area contributed by atoms with Crippen molar-refractivity contribution in [3.05, 3.63) is 27.4 Å². The molecule has 1 aromatic heterocycles. The van der Waals surface area contributed by atoms with Crippen LogP contribution in [0.25, 0.3) is 0 Å². The Morgan fingerprint density at radius 2 is 2.11 bits per heavy atom. The number of esters is 1. The number of aromatic nitrogens is 1. The second-order valence-electron chi connectivity index (χ2n) is 3.16. The fourth-order valence-electron chi connectivity index (χ4n) is 1.23. The van der Waals surface area contributed by atoms with Crippen molar-refractivity contribution in [2.24, 2.45) is 0 Å². The number of alkyl halides is 3. The van der Waals surface area contributed by atoms with Crippen molar-refractivity contribution in [1.82, 2.24) is 4.98 Å². The molecule has 0 saturated carbocycles. The fraction of sp³-hybridized carbons (Fsp3) is 0.333. The predicted octanol–water partition coefficient (Wildman–Crippen LogP) is 2.52. The van der Waals surface area contributed by atoms with Crippen molar-refractivity contribution in [2.45, 2.75) is 11.2 Å². The lowest BCUT2D eigenvalue weighted by Gasteiger charge is -2.11. The van der Waals surface area contributed by atoms with Crippen LogP contribution in [0.4, 0.5) is 18.9 Å². The van der Waals surface area contributed by atoms with E-state index in [4.69, 9.17) is 0 Å². The summed E-state index contributed by atoms with van der Waals surface area (Å²) in [5, 5.41) is 10.2. The number of thioether (sulfide) groups is 1. The van der Waals surface area contributed by atoms with Gasteiger partial charge in [0.2, 0.25) is 5.69 Å². The molecule has 0 bridgehead atoms. The number of hydrogen-bond donors (Lipinski definition) is 0. The maximum absolute atomic E-state index is 12.7. The van der Waals surface area contributed by atoms with Gasteiger partial charge in [0.15, 0.2) is 0 Å². The molecule has 0 amide bonds. The lowest BCUT2D eigenvalue weighted by atomic mass is 10.2. The van der Waals surface area contributed by atoms with Gasteiger partial charge in [-0.2, -0.15) is 13.2 Å². The van der Waals surface area contributed by atoms with Gasteiger partial charge >= 0.3 is 17.8 Å². The quantitative estimate of drug-likeness (QED) is 0.369. The van der Waals surface area contributed by atoms with E-state index in [1.807, 2.05) is 0 Å². The summed E-state index contributed by atoms with van der Waals surface area (Å²) in [7, 11) is 0.949. The van der Waals surface area contributed by atoms with Crippen LogP contribution in [0.3, 0.4) is 0 Å². The van der Waals surface area contributed by atoms with Gasteiger partial charge in [0, 0.05) is 6.07 Å². The summed E-state index contributed by atoms with van der Waals surface area (Å²) in [5.41, 5.74) is -3.07. The normalized spacial score (nSPS) is 11.2. The summed E-state index contributed by atoms with van der Waals surface area (Å²) in [5.74, 6) is -1.17. The number of nitrogens with zero attached hydrogens (tertiary/aromatic N) is 2. The fourth-order valence-corrected chi connectivity index (χ4v) is 1.81. The molecule has 1 rings (SSSR count). The van der Waals surface area contributed by atoms with Gasteiger partial charge in [-0.05, 0) is 6.26 Å². The van der Waals surface area contributed by atoms with E-state index in [1.54, 1.807) is 0 Å². The summed E-state index contributed by atoms with van der Waals surface area (Å²) in [6.07, 6.45) is -3.49. The van der Waals surface area contributed by atoms with Gasteiger partial charge in [-0.1, -0.05) is 0 Å². The monoisotopic (exact) mass is 296 g/mol. The number of methoxy groups -OCH3 is 1. The van der Waals surface area contributed by atoms with Crippen molar-refractivity contribution in [3.63, 3.8) is 0 Å². The summed E-state index contributed by atoms with van der Waals surface area (Å²) < 4.78 is 42.4. The first-order valence-electron chi connectivity index (χ1n) is 4.61. The third-order valence-corrected chi connectivity index (χ3v) is 2.74. The second kappa shape index (κ2) is 5.43. The number of nitro groups is 1. The Morgan fingerprint density at radius 1 is 1.53 bits per heavy atom. The van der Waals surface area contributed by atoms with E-state index >= 15 is 0 Å². The molecule has 0 N–H and O–H groups in total. The molecule has 0 radical (unpaired) electrons. The van der Waals surface area contributed by atoms with E-state index in [0.29, 0.717) is 11.8 Å². The highest BCUT2D eigenvalue weighted by molar-refractivity contribution is 7.98. The maximum Gasteiger partial charge on any atom is 0.419 e. The van der Waals surface area contributed by atoms with Gasteiger partial charge in [0.05, 0.1) is 17.6 Å². The smallest absolute Gasteiger partial charge is 0.419 e. The van der Waals surface area contributed by atoms with Crippen LogP contribution in [0.1, 0.15) is 16.1 Å². The molecular formula is C9H7F3N2O4S. The van der Waals surface area contributed by atoms with E-state index in [0.717, 1.165) is 7.11 Å². The molecule has 0 aliphatic carbocycles. The lowest BCUT2D eigenvalue weighted by molar-refractivity contribution is -0.385. The maximum atomic E-state index is 12.7. The lowest BCUT2D eigenvalue weighted by Crippen LogP contribution is -2.14. The zero-order valence-corrected chi connectivity index (χ0v) is 10.5. The van der Waals surface area contributed by atoms with E-state index in [1.165, 1.54) is 6.26 Å². The third kappa shape index (κ3) is 3.13.